The first-order chi connectivity index (χ1) is 9.72. The van der Waals surface area contributed by atoms with E-state index in [0.717, 1.165) is 11.6 Å². The molecule has 0 aliphatic carbocycles. The number of thiazole rings is 1. The zero-order valence-electron chi connectivity index (χ0n) is 11.8. The third-order valence-corrected chi connectivity index (χ3v) is 4.41. The van der Waals surface area contributed by atoms with Crippen molar-refractivity contribution in [2.45, 2.75) is 26.4 Å². The molecular formula is C17H18N2S. The Bertz CT molecular complexity index is 718. The average molecular weight is 282 g/mol. The molecule has 0 fully saturated rings. The molecule has 0 amide bonds. The van der Waals surface area contributed by atoms with Gasteiger partial charge in [-0.2, -0.15) is 0 Å². The third kappa shape index (κ3) is 2.89. The Morgan fingerprint density at radius 3 is 2.70 bits per heavy atom. The maximum absolute atomic E-state index is 4.39. The average Bonchev–Trinajstić information content (AvgIpc) is 2.90. The van der Waals surface area contributed by atoms with Crippen LogP contribution in [0.3, 0.4) is 0 Å². The van der Waals surface area contributed by atoms with Crippen LogP contribution in [-0.4, -0.2) is 4.98 Å². The molecule has 1 atom stereocenters. The molecule has 1 heterocycles. The number of rotatable bonds is 4. The number of aromatic nitrogens is 1. The highest BCUT2D eigenvalue weighted by molar-refractivity contribution is 7.11. The van der Waals surface area contributed by atoms with Gasteiger partial charge >= 0.3 is 0 Å². The van der Waals surface area contributed by atoms with Crippen molar-refractivity contribution in [2.24, 2.45) is 0 Å². The van der Waals surface area contributed by atoms with E-state index in [9.17, 15) is 0 Å². The molecule has 0 bridgehead atoms. The van der Waals surface area contributed by atoms with Crippen LogP contribution >= 0.6 is 11.3 Å². The predicted octanol–water partition coefficient (Wildman–Crippen LogP) is 4.46. The highest BCUT2D eigenvalue weighted by atomic mass is 32.1. The summed E-state index contributed by atoms with van der Waals surface area (Å²) in [7, 11) is 0. The Morgan fingerprint density at radius 2 is 1.95 bits per heavy atom. The molecule has 1 aromatic heterocycles. The van der Waals surface area contributed by atoms with Gasteiger partial charge in [-0.3, -0.25) is 0 Å². The molecule has 0 spiro atoms. The lowest BCUT2D eigenvalue weighted by Crippen LogP contribution is -2.17. The van der Waals surface area contributed by atoms with Crippen molar-refractivity contribution in [3.63, 3.8) is 0 Å². The van der Waals surface area contributed by atoms with Crippen LogP contribution in [0, 0.1) is 6.92 Å². The van der Waals surface area contributed by atoms with E-state index in [1.807, 2.05) is 6.20 Å². The van der Waals surface area contributed by atoms with E-state index in [2.05, 4.69) is 66.6 Å². The number of fused-ring (bicyclic) bond motifs is 1. The fourth-order valence-electron chi connectivity index (χ4n) is 2.32. The highest BCUT2D eigenvalue weighted by Crippen LogP contribution is 2.21. The first-order valence-electron chi connectivity index (χ1n) is 6.86. The van der Waals surface area contributed by atoms with Crippen molar-refractivity contribution in [3.8, 4) is 0 Å². The van der Waals surface area contributed by atoms with Gasteiger partial charge in [0.2, 0.25) is 0 Å². The van der Waals surface area contributed by atoms with Crippen molar-refractivity contribution in [2.75, 3.05) is 0 Å². The van der Waals surface area contributed by atoms with Crippen molar-refractivity contribution in [3.05, 3.63) is 64.1 Å². The Hall–Kier alpha value is -1.71. The van der Waals surface area contributed by atoms with Crippen molar-refractivity contribution in [1.82, 2.24) is 10.3 Å². The largest absolute Gasteiger partial charge is 0.304 e. The van der Waals surface area contributed by atoms with Gasteiger partial charge in [0.15, 0.2) is 0 Å². The molecule has 1 unspecified atom stereocenters. The summed E-state index contributed by atoms with van der Waals surface area (Å²) in [5.41, 5.74) is 1.32. The second-order valence-corrected chi connectivity index (χ2v) is 6.39. The Morgan fingerprint density at radius 1 is 1.15 bits per heavy atom. The van der Waals surface area contributed by atoms with E-state index in [-0.39, 0.29) is 0 Å². The summed E-state index contributed by atoms with van der Waals surface area (Å²) in [4.78, 5) is 5.65. The zero-order chi connectivity index (χ0) is 13.9. The quantitative estimate of drug-likeness (QED) is 0.764. The molecule has 1 N–H and O–H groups in total. The Kier molecular flexibility index (Phi) is 3.81. The minimum atomic E-state index is 0.323. The van der Waals surface area contributed by atoms with E-state index >= 15 is 0 Å². The molecule has 0 radical (unpaired) electrons. The van der Waals surface area contributed by atoms with Gasteiger partial charge in [0.25, 0.3) is 0 Å². The number of hydrogen-bond donors (Lipinski definition) is 1. The summed E-state index contributed by atoms with van der Waals surface area (Å²) in [5, 5.41) is 7.28. The van der Waals surface area contributed by atoms with Gasteiger partial charge in [-0.15, -0.1) is 11.3 Å². The fourth-order valence-corrected chi connectivity index (χ4v) is 3.06. The molecule has 2 nitrogen and oxygen atoms in total. The molecular weight excluding hydrogens is 264 g/mol. The molecule has 20 heavy (non-hydrogen) atoms. The van der Waals surface area contributed by atoms with Crippen LogP contribution in [0.5, 0.6) is 0 Å². The third-order valence-electron chi connectivity index (χ3n) is 3.50. The van der Waals surface area contributed by atoms with Crippen LogP contribution in [0.4, 0.5) is 0 Å². The van der Waals surface area contributed by atoms with E-state index < -0.39 is 0 Å². The van der Waals surface area contributed by atoms with Crippen molar-refractivity contribution < 1.29 is 0 Å². The van der Waals surface area contributed by atoms with Crippen LogP contribution in [0.1, 0.15) is 28.4 Å². The maximum atomic E-state index is 4.39. The molecule has 0 aliphatic heterocycles. The number of hydrogen-bond acceptors (Lipinski definition) is 3. The van der Waals surface area contributed by atoms with Gasteiger partial charge in [0.1, 0.15) is 5.01 Å². The first kappa shape index (κ1) is 13.3. The summed E-state index contributed by atoms with van der Waals surface area (Å²) < 4.78 is 0. The summed E-state index contributed by atoms with van der Waals surface area (Å²) in [6, 6.07) is 15.5. The highest BCUT2D eigenvalue weighted by Gasteiger charge is 2.07. The van der Waals surface area contributed by atoms with Gasteiger partial charge in [-0.25, -0.2) is 4.98 Å². The van der Waals surface area contributed by atoms with Gasteiger partial charge in [-0.1, -0.05) is 36.4 Å². The molecule has 3 heteroatoms. The summed E-state index contributed by atoms with van der Waals surface area (Å²) in [5.74, 6) is 0. The minimum Gasteiger partial charge on any atom is -0.304 e. The molecule has 102 valence electrons. The second kappa shape index (κ2) is 5.73. The van der Waals surface area contributed by atoms with Crippen molar-refractivity contribution in [1.29, 1.82) is 0 Å². The molecule has 2 aromatic carbocycles. The number of aryl methyl sites for hydroxylation is 1. The van der Waals surface area contributed by atoms with Gasteiger partial charge in [-0.05, 0) is 36.2 Å². The fraction of sp³-hybridized carbons (Fsp3) is 0.235. The molecule has 0 saturated carbocycles. The summed E-state index contributed by atoms with van der Waals surface area (Å²) >= 11 is 1.75. The van der Waals surface area contributed by atoms with Crippen LogP contribution in [0.15, 0.2) is 48.7 Å². The lowest BCUT2D eigenvalue weighted by Gasteiger charge is -2.14. The topological polar surface area (TPSA) is 24.9 Å². The lowest BCUT2D eigenvalue weighted by atomic mass is 10.0. The van der Waals surface area contributed by atoms with Gasteiger partial charge < -0.3 is 5.32 Å². The van der Waals surface area contributed by atoms with Crippen LogP contribution in [0.2, 0.25) is 0 Å². The number of nitrogens with zero attached hydrogens (tertiary/aromatic N) is 1. The second-order valence-electron chi connectivity index (χ2n) is 5.07. The van der Waals surface area contributed by atoms with Crippen LogP contribution in [0.25, 0.3) is 10.8 Å². The number of nitrogens with one attached hydrogen (secondary N) is 1. The molecule has 0 saturated heterocycles. The standard InChI is InChI=1S/C17H18N2S/c1-12-10-19-17(20-12)11-18-13(2)15-8-7-14-5-3-4-6-16(14)9-15/h3-10,13,18H,11H2,1-2H3. The van der Waals surface area contributed by atoms with Crippen LogP contribution in [-0.2, 0) is 6.54 Å². The van der Waals surface area contributed by atoms with E-state index in [1.54, 1.807) is 11.3 Å². The van der Waals surface area contributed by atoms with Crippen molar-refractivity contribution >= 4 is 22.1 Å². The molecule has 3 rings (SSSR count). The zero-order valence-corrected chi connectivity index (χ0v) is 12.6. The Labute approximate surface area is 123 Å². The Balaban J connectivity index is 1.73. The summed E-state index contributed by atoms with van der Waals surface area (Å²) in [6.45, 7) is 5.12. The van der Waals surface area contributed by atoms with E-state index in [1.165, 1.54) is 21.2 Å². The smallest absolute Gasteiger partial charge is 0.107 e. The monoisotopic (exact) mass is 282 g/mol. The number of benzene rings is 2. The van der Waals surface area contributed by atoms with E-state index in [0.29, 0.717) is 6.04 Å². The normalized spacial score (nSPS) is 12.7. The van der Waals surface area contributed by atoms with E-state index in [4.69, 9.17) is 0 Å². The van der Waals surface area contributed by atoms with Crippen LogP contribution < -0.4 is 5.32 Å². The SMILES string of the molecule is Cc1cnc(CNC(C)c2ccc3ccccc3c2)s1. The molecule has 0 aliphatic rings. The van der Waals surface area contributed by atoms with Gasteiger partial charge in [0.05, 0.1) is 0 Å². The molecule has 3 aromatic rings. The lowest BCUT2D eigenvalue weighted by molar-refractivity contribution is 0.574. The minimum absolute atomic E-state index is 0.323. The predicted molar refractivity (Wildman–Crippen MR) is 86.1 cm³/mol. The maximum Gasteiger partial charge on any atom is 0.107 e. The first-order valence-corrected chi connectivity index (χ1v) is 7.67. The van der Waals surface area contributed by atoms with Gasteiger partial charge in [0, 0.05) is 23.7 Å². The summed E-state index contributed by atoms with van der Waals surface area (Å²) in [6.07, 6.45) is 1.93.